The van der Waals surface area contributed by atoms with Crippen molar-refractivity contribution in [3.63, 3.8) is 0 Å². The van der Waals surface area contributed by atoms with Crippen LogP contribution in [0, 0.1) is 5.92 Å². The van der Waals surface area contributed by atoms with Gasteiger partial charge in [-0.2, -0.15) is 0 Å². The van der Waals surface area contributed by atoms with Crippen molar-refractivity contribution in [3.8, 4) is 0 Å². The Morgan fingerprint density at radius 1 is 1.37 bits per heavy atom. The molecule has 1 atom stereocenters. The lowest BCUT2D eigenvalue weighted by Gasteiger charge is -2.16. The van der Waals surface area contributed by atoms with Gasteiger partial charge in [-0.25, -0.2) is 0 Å². The molecule has 0 aliphatic heterocycles. The van der Waals surface area contributed by atoms with Crippen molar-refractivity contribution in [2.45, 2.75) is 25.3 Å². The minimum Gasteiger partial charge on any atom is -0.368 e. The predicted octanol–water partition coefficient (Wildman–Crippen LogP) is 1.92. The highest BCUT2D eigenvalue weighted by atomic mass is 35.5. The first-order valence-electron chi connectivity index (χ1n) is 6.01. The number of amides is 2. The van der Waals surface area contributed by atoms with Crippen molar-refractivity contribution in [3.05, 3.63) is 33.8 Å². The summed E-state index contributed by atoms with van der Waals surface area (Å²) in [4.78, 5) is 23.1. The first kappa shape index (κ1) is 14.2. The van der Waals surface area contributed by atoms with Crippen LogP contribution in [0.2, 0.25) is 10.0 Å². The van der Waals surface area contributed by atoms with Gasteiger partial charge in [-0.3, -0.25) is 9.59 Å². The molecule has 2 rings (SSSR count). The quantitative estimate of drug-likeness (QED) is 0.872. The van der Waals surface area contributed by atoms with E-state index >= 15 is 0 Å². The Balaban J connectivity index is 2.07. The summed E-state index contributed by atoms with van der Waals surface area (Å²) < 4.78 is 0. The lowest BCUT2D eigenvalue weighted by atomic mass is 10.1. The SMILES string of the molecule is NC(=O)[C@@H](Cc1ccc(Cl)cc1Cl)NC(=O)C1CC1. The normalized spacial score (nSPS) is 15.9. The van der Waals surface area contributed by atoms with E-state index in [1.807, 2.05) is 0 Å². The van der Waals surface area contributed by atoms with E-state index in [-0.39, 0.29) is 18.2 Å². The van der Waals surface area contributed by atoms with E-state index in [2.05, 4.69) is 5.32 Å². The van der Waals surface area contributed by atoms with Gasteiger partial charge < -0.3 is 11.1 Å². The fourth-order valence-electron chi connectivity index (χ4n) is 1.76. The fourth-order valence-corrected chi connectivity index (χ4v) is 2.25. The van der Waals surface area contributed by atoms with Crippen molar-refractivity contribution >= 4 is 35.0 Å². The zero-order valence-corrected chi connectivity index (χ0v) is 11.7. The van der Waals surface area contributed by atoms with Crippen LogP contribution >= 0.6 is 23.2 Å². The Kier molecular flexibility index (Phi) is 4.32. The first-order chi connectivity index (χ1) is 8.97. The molecule has 2 amide bonds. The third-order valence-corrected chi connectivity index (χ3v) is 3.63. The highest BCUT2D eigenvalue weighted by molar-refractivity contribution is 6.35. The number of hydrogen-bond acceptors (Lipinski definition) is 2. The van der Waals surface area contributed by atoms with E-state index in [1.165, 1.54) is 0 Å². The third kappa shape index (κ3) is 3.85. The molecule has 102 valence electrons. The Hall–Kier alpha value is -1.26. The van der Waals surface area contributed by atoms with E-state index in [0.717, 1.165) is 18.4 Å². The van der Waals surface area contributed by atoms with Crippen LogP contribution in [0.5, 0.6) is 0 Å². The van der Waals surface area contributed by atoms with E-state index in [1.54, 1.807) is 18.2 Å². The van der Waals surface area contributed by atoms with Gasteiger partial charge in [0.25, 0.3) is 0 Å². The molecule has 0 radical (unpaired) electrons. The van der Waals surface area contributed by atoms with Gasteiger partial charge in [-0.1, -0.05) is 29.3 Å². The molecular weight excluding hydrogens is 287 g/mol. The summed E-state index contributed by atoms with van der Waals surface area (Å²) in [6.07, 6.45) is 2.02. The standard InChI is InChI=1S/C13H14Cl2N2O2/c14-9-4-3-8(10(15)6-9)5-11(12(16)18)17-13(19)7-1-2-7/h3-4,6-7,11H,1-2,5H2,(H2,16,18)(H,17,19)/t11-/m1/s1. The summed E-state index contributed by atoms with van der Waals surface area (Å²) in [5, 5.41) is 3.64. The molecular formula is C13H14Cl2N2O2. The second-order valence-electron chi connectivity index (χ2n) is 4.68. The van der Waals surface area contributed by atoms with Gasteiger partial charge in [0.1, 0.15) is 6.04 Å². The Bertz CT molecular complexity index is 515. The summed E-state index contributed by atoms with van der Waals surface area (Å²) >= 11 is 11.8. The monoisotopic (exact) mass is 300 g/mol. The van der Waals surface area contributed by atoms with Crippen LogP contribution in [0.3, 0.4) is 0 Å². The smallest absolute Gasteiger partial charge is 0.240 e. The summed E-state index contributed by atoms with van der Waals surface area (Å²) in [5.41, 5.74) is 6.04. The van der Waals surface area contributed by atoms with Crippen LogP contribution in [0.1, 0.15) is 18.4 Å². The Morgan fingerprint density at radius 2 is 2.05 bits per heavy atom. The lowest BCUT2D eigenvalue weighted by Crippen LogP contribution is -2.46. The summed E-state index contributed by atoms with van der Waals surface area (Å²) in [6.45, 7) is 0. The van der Waals surface area contributed by atoms with Gasteiger partial charge in [0.15, 0.2) is 0 Å². The number of rotatable bonds is 5. The largest absolute Gasteiger partial charge is 0.368 e. The summed E-state index contributed by atoms with van der Waals surface area (Å²) in [5.74, 6) is -0.656. The lowest BCUT2D eigenvalue weighted by molar-refractivity contribution is -0.128. The average molecular weight is 301 g/mol. The average Bonchev–Trinajstić information content (AvgIpc) is 3.15. The van der Waals surface area contributed by atoms with E-state index in [0.29, 0.717) is 10.0 Å². The fraction of sp³-hybridized carbons (Fsp3) is 0.385. The zero-order valence-electron chi connectivity index (χ0n) is 10.2. The number of benzene rings is 1. The van der Waals surface area contributed by atoms with Crippen molar-refractivity contribution in [2.24, 2.45) is 11.7 Å². The Morgan fingerprint density at radius 3 is 2.58 bits per heavy atom. The van der Waals surface area contributed by atoms with Gasteiger partial charge in [0, 0.05) is 22.4 Å². The number of nitrogens with two attached hydrogens (primary N) is 1. The molecule has 0 aromatic heterocycles. The number of nitrogens with one attached hydrogen (secondary N) is 1. The minimum absolute atomic E-state index is 0.0301. The van der Waals surface area contributed by atoms with Crippen molar-refractivity contribution < 1.29 is 9.59 Å². The van der Waals surface area contributed by atoms with Gasteiger partial charge >= 0.3 is 0 Å². The number of carbonyl (C=O) groups excluding carboxylic acids is 2. The predicted molar refractivity (Wildman–Crippen MR) is 74.0 cm³/mol. The summed E-state index contributed by atoms with van der Waals surface area (Å²) in [7, 11) is 0. The second-order valence-corrected chi connectivity index (χ2v) is 5.52. The molecule has 19 heavy (non-hydrogen) atoms. The molecule has 0 heterocycles. The second kappa shape index (κ2) is 5.80. The zero-order chi connectivity index (χ0) is 14.0. The Labute approximate surface area is 121 Å². The van der Waals surface area contributed by atoms with Crippen LogP contribution in [0.15, 0.2) is 18.2 Å². The molecule has 0 saturated heterocycles. The van der Waals surface area contributed by atoms with Crippen LogP contribution in [0.4, 0.5) is 0 Å². The van der Waals surface area contributed by atoms with E-state index in [4.69, 9.17) is 28.9 Å². The van der Waals surface area contributed by atoms with Crippen LogP contribution in [-0.4, -0.2) is 17.9 Å². The maximum atomic E-state index is 11.7. The molecule has 6 heteroatoms. The maximum absolute atomic E-state index is 11.7. The molecule has 0 unspecified atom stereocenters. The van der Waals surface area contributed by atoms with Gasteiger partial charge in [0.2, 0.25) is 11.8 Å². The number of carbonyl (C=O) groups is 2. The molecule has 1 aliphatic carbocycles. The number of primary amides is 1. The molecule has 3 N–H and O–H groups in total. The molecule has 1 fully saturated rings. The molecule has 4 nitrogen and oxygen atoms in total. The van der Waals surface area contributed by atoms with E-state index < -0.39 is 11.9 Å². The topological polar surface area (TPSA) is 72.2 Å². The third-order valence-electron chi connectivity index (χ3n) is 3.05. The van der Waals surface area contributed by atoms with Gasteiger partial charge in [-0.05, 0) is 30.5 Å². The highest BCUT2D eigenvalue weighted by Crippen LogP contribution is 2.29. The molecule has 0 spiro atoms. The maximum Gasteiger partial charge on any atom is 0.240 e. The first-order valence-corrected chi connectivity index (χ1v) is 6.76. The summed E-state index contributed by atoms with van der Waals surface area (Å²) in [6, 6.07) is 4.26. The van der Waals surface area contributed by atoms with E-state index in [9.17, 15) is 9.59 Å². The van der Waals surface area contributed by atoms with Crippen LogP contribution < -0.4 is 11.1 Å². The van der Waals surface area contributed by atoms with Crippen LogP contribution in [-0.2, 0) is 16.0 Å². The van der Waals surface area contributed by atoms with Crippen molar-refractivity contribution in [1.82, 2.24) is 5.32 Å². The molecule has 1 saturated carbocycles. The molecule has 0 bridgehead atoms. The molecule has 1 aliphatic rings. The molecule has 1 aromatic carbocycles. The van der Waals surface area contributed by atoms with Crippen molar-refractivity contribution in [2.75, 3.05) is 0 Å². The van der Waals surface area contributed by atoms with Crippen LogP contribution in [0.25, 0.3) is 0 Å². The number of halogens is 2. The van der Waals surface area contributed by atoms with Gasteiger partial charge in [-0.15, -0.1) is 0 Å². The molecule has 1 aromatic rings. The van der Waals surface area contributed by atoms with Crippen molar-refractivity contribution in [1.29, 1.82) is 0 Å². The highest BCUT2D eigenvalue weighted by Gasteiger charge is 2.32. The van der Waals surface area contributed by atoms with Gasteiger partial charge in [0.05, 0.1) is 0 Å². The number of hydrogen-bond donors (Lipinski definition) is 2. The minimum atomic E-state index is -0.744.